The van der Waals surface area contributed by atoms with Crippen LogP contribution in [0.3, 0.4) is 0 Å². The van der Waals surface area contributed by atoms with Crippen molar-refractivity contribution in [3.05, 3.63) is 240 Å². The molecule has 5 aliphatic carbocycles. The predicted octanol–water partition coefficient (Wildman–Crippen LogP) is 20.3. The van der Waals surface area contributed by atoms with Gasteiger partial charge in [-0.15, -0.1) is 0 Å². The molecule has 17 rings (SSSR count). The first-order chi connectivity index (χ1) is 41.8. The van der Waals surface area contributed by atoms with Crippen molar-refractivity contribution in [1.29, 1.82) is 0 Å². The molecule has 8 aliphatic rings. The van der Waals surface area contributed by atoms with E-state index in [1.54, 1.807) is 5.56 Å². The highest BCUT2D eigenvalue weighted by atomic mass is 15.2. The van der Waals surface area contributed by atoms with E-state index in [0.29, 0.717) is 0 Å². The van der Waals surface area contributed by atoms with Crippen molar-refractivity contribution < 1.29 is 0 Å². The highest BCUT2D eigenvalue weighted by Gasteiger charge is 2.61. The van der Waals surface area contributed by atoms with Crippen LogP contribution >= 0.6 is 0 Å². The Balaban J connectivity index is 1.08. The maximum absolute atomic E-state index is 2.82. The fourth-order valence-corrected chi connectivity index (χ4v) is 20.3. The van der Waals surface area contributed by atoms with Gasteiger partial charge >= 0.3 is 0 Å². The summed E-state index contributed by atoms with van der Waals surface area (Å²) < 4.78 is 0. The number of hydrogen-bond donors (Lipinski definition) is 0. The zero-order valence-corrected chi connectivity index (χ0v) is 56.7. The van der Waals surface area contributed by atoms with Gasteiger partial charge in [0.25, 0.3) is 6.71 Å². The van der Waals surface area contributed by atoms with Crippen molar-refractivity contribution in [3.63, 3.8) is 0 Å². The molecule has 9 aromatic rings. The molecule has 89 heavy (non-hydrogen) atoms. The van der Waals surface area contributed by atoms with Gasteiger partial charge in [-0.3, -0.25) is 0 Å². The van der Waals surface area contributed by atoms with Crippen LogP contribution in [0.1, 0.15) is 238 Å². The van der Waals surface area contributed by atoms with Gasteiger partial charge in [0.05, 0.1) is 0 Å². The summed E-state index contributed by atoms with van der Waals surface area (Å²) in [6.45, 7) is 47.6. The molecule has 1 unspecified atom stereocenters. The van der Waals surface area contributed by atoms with E-state index in [4.69, 9.17) is 0 Å². The Hall–Kier alpha value is -7.36. The molecule has 1 atom stereocenters. The van der Waals surface area contributed by atoms with Crippen LogP contribution in [-0.4, -0.2) is 6.71 Å². The second-order valence-corrected chi connectivity index (χ2v) is 34.0. The zero-order valence-electron chi connectivity index (χ0n) is 56.7. The van der Waals surface area contributed by atoms with Crippen LogP contribution in [0.25, 0.3) is 22.3 Å². The second kappa shape index (κ2) is 17.0. The third-order valence-electron chi connectivity index (χ3n) is 25.7. The molecule has 0 aromatic heterocycles. The van der Waals surface area contributed by atoms with E-state index in [9.17, 15) is 0 Å². The molecule has 3 aliphatic heterocycles. The van der Waals surface area contributed by atoms with Crippen molar-refractivity contribution in [2.45, 2.75) is 206 Å². The Kier molecular flexibility index (Phi) is 10.6. The normalized spacial score (nSPS) is 21.9. The van der Waals surface area contributed by atoms with E-state index in [1.807, 2.05) is 0 Å². The van der Waals surface area contributed by atoms with Gasteiger partial charge in [-0.2, -0.15) is 0 Å². The van der Waals surface area contributed by atoms with E-state index in [1.165, 1.54) is 181 Å². The molecule has 0 bridgehead atoms. The summed E-state index contributed by atoms with van der Waals surface area (Å²) in [4.78, 5) is 5.64. The maximum Gasteiger partial charge on any atom is 0.253 e. The summed E-state index contributed by atoms with van der Waals surface area (Å²) >= 11 is 0. The van der Waals surface area contributed by atoms with Gasteiger partial charge in [-0.05, 0) is 250 Å². The Morgan fingerprint density at radius 3 is 1.37 bits per heavy atom. The number of hydrogen-bond acceptors (Lipinski definition) is 2. The van der Waals surface area contributed by atoms with Crippen LogP contribution in [0.5, 0.6) is 0 Å². The molecule has 9 aromatic carbocycles. The molecule has 0 fully saturated rings. The van der Waals surface area contributed by atoms with Crippen LogP contribution in [0.15, 0.2) is 146 Å². The summed E-state index contributed by atoms with van der Waals surface area (Å²) in [5.41, 5.74) is 40.9. The molecule has 0 saturated carbocycles. The summed E-state index contributed by atoms with van der Waals surface area (Å²) in [6, 6.07) is 59.7. The van der Waals surface area contributed by atoms with Gasteiger partial charge in [0.2, 0.25) is 0 Å². The van der Waals surface area contributed by atoms with Gasteiger partial charge < -0.3 is 9.80 Å². The average Bonchev–Trinajstić information content (AvgIpc) is 1.63. The first-order valence-corrected chi connectivity index (χ1v) is 33.8. The lowest BCUT2D eigenvalue weighted by Gasteiger charge is -2.55. The molecule has 446 valence electrons. The Morgan fingerprint density at radius 1 is 0.292 bits per heavy atom. The lowest BCUT2D eigenvalue weighted by Crippen LogP contribution is -2.68. The van der Waals surface area contributed by atoms with Crippen molar-refractivity contribution in [3.8, 4) is 22.3 Å². The number of rotatable bonds is 3. The number of benzene rings is 9. The molecule has 0 saturated heterocycles. The van der Waals surface area contributed by atoms with Crippen LogP contribution < -0.4 is 26.2 Å². The summed E-state index contributed by atoms with van der Waals surface area (Å²) in [7, 11) is 0. The smallest absolute Gasteiger partial charge is 0.253 e. The largest absolute Gasteiger partial charge is 0.311 e. The Bertz CT molecular complexity index is 4740. The van der Waals surface area contributed by atoms with Crippen molar-refractivity contribution in [2.75, 3.05) is 9.80 Å². The monoisotopic (exact) mass is 1160 g/mol. The van der Waals surface area contributed by atoms with Gasteiger partial charge in [-0.25, -0.2) is 0 Å². The standard InChI is InChI=1S/C86H89BN2/c1-48-26-20-21-27-52(48)50-41-69-75-70(42-50)89(68-46-64-61(40-49(68)2)78(3,4)36-39-81(64,9)10)67-35-33-53-54-44-62-63(80(7,8)38-37-79(62,5)6)45-60(54)86(19)72(53)76(67)87(75)77-71(47-66-73(74(77)86)85(17,18)58-31-25-24-30-57(58)84(66,15)16)88(69)51-32-34-59-65(43-51)83(13,14)56-29-23-22-28-55(56)82(59,11)12/h20-35,40-47H,36-39H2,1-19H3. The minimum absolute atomic E-state index is 0.0133. The van der Waals surface area contributed by atoms with Crippen LogP contribution in [0.4, 0.5) is 34.1 Å². The van der Waals surface area contributed by atoms with Crippen LogP contribution in [-0.2, 0) is 48.7 Å². The third-order valence-corrected chi connectivity index (χ3v) is 25.7. The molecular formula is C86H89BN2. The fourth-order valence-electron chi connectivity index (χ4n) is 20.3. The average molecular weight is 1160 g/mol. The minimum Gasteiger partial charge on any atom is -0.311 e. The maximum atomic E-state index is 2.82. The number of aryl methyl sites for hydroxylation is 2. The van der Waals surface area contributed by atoms with Gasteiger partial charge in [-0.1, -0.05) is 208 Å². The zero-order chi connectivity index (χ0) is 62.4. The van der Waals surface area contributed by atoms with E-state index in [2.05, 4.69) is 287 Å². The first-order valence-electron chi connectivity index (χ1n) is 33.8. The van der Waals surface area contributed by atoms with Crippen LogP contribution in [0.2, 0.25) is 0 Å². The van der Waals surface area contributed by atoms with Crippen molar-refractivity contribution >= 4 is 57.2 Å². The Morgan fingerprint density at radius 2 is 0.764 bits per heavy atom. The molecule has 0 N–H and O–H groups in total. The lowest BCUT2D eigenvalue weighted by molar-refractivity contribution is 0.331. The quantitative estimate of drug-likeness (QED) is 0.163. The number of nitrogens with zero attached hydrogens (tertiary/aromatic N) is 2. The highest BCUT2D eigenvalue weighted by Crippen LogP contribution is 2.65. The van der Waals surface area contributed by atoms with Gasteiger partial charge in [0.1, 0.15) is 0 Å². The third kappa shape index (κ3) is 6.76. The van der Waals surface area contributed by atoms with Gasteiger partial charge in [0, 0.05) is 61.2 Å². The predicted molar refractivity (Wildman–Crippen MR) is 378 cm³/mol. The van der Waals surface area contributed by atoms with Crippen molar-refractivity contribution in [1.82, 2.24) is 0 Å². The van der Waals surface area contributed by atoms with E-state index >= 15 is 0 Å². The number of anilines is 6. The van der Waals surface area contributed by atoms with Gasteiger partial charge in [0.15, 0.2) is 0 Å². The minimum atomic E-state index is -0.524. The fraction of sp³-hybridized carbons (Fsp3) is 0.372. The number of fused-ring (bicyclic) bond motifs is 11. The summed E-state index contributed by atoms with van der Waals surface area (Å²) in [5, 5.41) is 0. The molecular weight excluding hydrogens is 1070 g/mol. The highest BCUT2D eigenvalue weighted by molar-refractivity contribution is 7.01. The molecule has 0 amide bonds. The first kappa shape index (κ1) is 55.7. The van der Waals surface area contributed by atoms with Crippen molar-refractivity contribution in [2.24, 2.45) is 0 Å². The SMILES string of the molecule is Cc1ccccc1-c1cc2c3c(c1)N(c1cc4c(cc1C)C(C)(C)CCC4(C)C)c1ccc4c5c1B3c1c(cc3c(c1C5(C)c1cc5c(cc1-4)C(C)(C)CCC5(C)C)C(C)(C)c1ccccc1C3(C)C)N2c1ccc2c(c1)C(C)(C)c1ccccc1C2(C)C. The summed E-state index contributed by atoms with van der Waals surface area (Å²) in [6.07, 6.45) is 4.69. The van der Waals surface area contributed by atoms with E-state index in [-0.39, 0.29) is 50.0 Å². The molecule has 2 nitrogen and oxygen atoms in total. The van der Waals surface area contributed by atoms with E-state index < -0.39 is 5.41 Å². The summed E-state index contributed by atoms with van der Waals surface area (Å²) in [5.74, 6) is 0. The molecule has 0 radical (unpaired) electrons. The van der Waals surface area contributed by atoms with E-state index in [0.717, 1.165) is 6.42 Å². The lowest BCUT2D eigenvalue weighted by atomic mass is 9.27. The molecule has 3 heteroatoms. The Labute approximate surface area is 532 Å². The molecule has 3 heterocycles. The van der Waals surface area contributed by atoms with Crippen LogP contribution in [0, 0.1) is 13.8 Å². The topological polar surface area (TPSA) is 6.48 Å². The molecule has 0 spiro atoms. The second-order valence-electron chi connectivity index (χ2n) is 34.0.